The molecule has 0 amide bonds. The Kier molecular flexibility index (Phi) is 2.50. The minimum absolute atomic E-state index is 0.468. The van der Waals surface area contributed by atoms with Crippen LogP contribution in [0.5, 0.6) is 0 Å². The number of hydrogen-bond donors (Lipinski definition) is 1. The highest BCUT2D eigenvalue weighted by Gasteiger charge is 2.30. The van der Waals surface area contributed by atoms with E-state index in [-0.39, 0.29) is 0 Å². The molecule has 110 valence electrons. The van der Waals surface area contributed by atoms with Crippen molar-refractivity contribution in [2.24, 2.45) is 0 Å². The van der Waals surface area contributed by atoms with E-state index in [1.807, 2.05) is 6.07 Å². The molecule has 0 saturated carbocycles. The van der Waals surface area contributed by atoms with Crippen LogP contribution in [-0.4, -0.2) is 24.6 Å². The van der Waals surface area contributed by atoms with Crippen LogP contribution in [0, 0.1) is 0 Å². The van der Waals surface area contributed by atoms with Crippen LogP contribution >= 0.6 is 0 Å². The van der Waals surface area contributed by atoms with Crippen molar-refractivity contribution in [2.75, 3.05) is 0 Å². The van der Waals surface area contributed by atoms with E-state index >= 15 is 0 Å². The molecule has 0 radical (unpaired) electrons. The second kappa shape index (κ2) is 4.30. The second-order valence-electron chi connectivity index (χ2n) is 4.76. The summed E-state index contributed by atoms with van der Waals surface area (Å²) in [7, 11) is 0. The molecule has 0 fully saturated rings. The maximum absolute atomic E-state index is 12.6. The van der Waals surface area contributed by atoms with Crippen LogP contribution in [0.3, 0.4) is 0 Å². The third-order valence-corrected chi connectivity index (χ3v) is 3.41. The molecule has 0 atom stereocenters. The Labute approximate surface area is 121 Å². The van der Waals surface area contributed by atoms with Crippen molar-refractivity contribution < 1.29 is 13.2 Å². The second-order valence-corrected chi connectivity index (χ2v) is 4.76. The van der Waals surface area contributed by atoms with Crippen molar-refractivity contribution >= 4 is 16.8 Å². The van der Waals surface area contributed by atoms with Crippen LogP contribution in [0.2, 0.25) is 0 Å². The maximum Gasteiger partial charge on any atom is 0.416 e. The van der Waals surface area contributed by atoms with Gasteiger partial charge in [-0.05, 0) is 18.2 Å². The largest absolute Gasteiger partial charge is 0.416 e. The minimum atomic E-state index is -4.36. The molecule has 1 N–H and O–H groups in total. The van der Waals surface area contributed by atoms with E-state index in [1.54, 1.807) is 16.8 Å². The monoisotopic (exact) mass is 303 g/mol. The van der Waals surface area contributed by atoms with Gasteiger partial charge in [0.05, 0.1) is 17.3 Å². The third kappa shape index (κ3) is 1.84. The van der Waals surface area contributed by atoms with Gasteiger partial charge in [0, 0.05) is 11.8 Å². The highest BCUT2D eigenvalue weighted by Crippen LogP contribution is 2.31. The number of aromatic nitrogens is 5. The van der Waals surface area contributed by atoms with E-state index in [0.717, 1.165) is 17.6 Å². The smallest absolute Gasteiger partial charge is 0.345 e. The zero-order valence-corrected chi connectivity index (χ0v) is 11.0. The standard InChI is InChI=1S/C14H8F3N5/c15-14(16,17)9-3-1-8(2-4-9)13-21-20-11-7-19-12-10(22(11)13)5-6-18-12/h1-7,18H. The van der Waals surface area contributed by atoms with Crippen LogP contribution < -0.4 is 0 Å². The molecular weight excluding hydrogens is 295 g/mol. The minimum Gasteiger partial charge on any atom is -0.345 e. The summed E-state index contributed by atoms with van der Waals surface area (Å²) in [5.41, 5.74) is 1.80. The lowest BCUT2D eigenvalue weighted by Gasteiger charge is -2.07. The van der Waals surface area contributed by atoms with E-state index in [1.165, 1.54) is 12.1 Å². The fraction of sp³-hybridized carbons (Fsp3) is 0.0714. The van der Waals surface area contributed by atoms with Gasteiger partial charge in [0.1, 0.15) is 0 Å². The van der Waals surface area contributed by atoms with Gasteiger partial charge in [0.15, 0.2) is 17.1 Å². The van der Waals surface area contributed by atoms with Crippen LogP contribution in [-0.2, 0) is 6.18 Å². The van der Waals surface area contributed by atoms with Gasteiger partial charge in [-0.15, -0.1) is 10.2 Å². The Morgan fingerprint density at radius 3 is 2.50 bits per heavy atom. The molecule has 5 nitrogen and oxygen atoms in total. The van der Waals surface area contributed by atoms with Crippen LogP contribution in [0.25, 0.3) is 28.2 Å². The van der Waals surface area contributed by atoms with Crippen molar-refractivity contribution in [1.82, 2.24) is 24.6 Å². The number of H-pyrrole nitrogens is 1. The molecule has 0 bridgehead atoms. The molecule has 3 aromatic heterocycles. The summed E-state index contributed by atoms with van der Waals surface area (Å²) < 4.78 is 39.7. The van der Waals surface area contributed by atoms with E-state index in [4.69, 9.17) is 0 Å². The van der Waals surface area contributed by atoms with Gasteiger partial charge in [0.25, 0.3) is 0 Å². The summed E-state index contributed by atoms with van der Waals surface area (Å²) in [5.74, 6) is 0.468. The van der Waals surface area contributed by atoms with Gasteiger partial charge in [-0.2, -0.15) is 13.2 Å². The summed E-state index contributed by atoms with van der Waals surface area (Å²) >= 11 is 0. The Morgan fingerprint density at radius 1 is 1.00 bits per heavy atom. The van der Waals surface area contributed by atoms with Gasteiger partial charge < -0.3 is 4.98 Å². The van der Waals surface area contributed by atoms with E-state index in [0.29, 0.717) is 22.7 Å². The predicted molar refractivity (Wildman–Crippen MR) is 73.1 cm³/mol. The number of nitrogens with one attached hydrogen (secondary N) is 1. The molecule has 22 heavy (non-hydrogen) atoms. The van der Waals surface area contributed by atoms with Crippen molar-refractivity contribution in [3.63, 3.8) is 0 Å². The molecule has 4 rings (SSSR count). The van der Waals surface area contributed by atoms with Crippen LogP contribution in [0.1, 0.15) is 5.56 Å². The Balaban J connectivity index is 1.92. The Morgan fingerprint density at radius 2 is 1.77 bits per heavy atom. The number of alkyl halides is 3. The van der Waals surface area contributed by atoms with Crippen molar-refractivity contribution in [3.8, 4) is 11.4 Å². The summed E-state index contributed by atoms with van der Waals surface area (Å²) in [6.07, 6.45) is -1.07. The Bertz CT molecular complexity index is 966. The summed E-state index contributed by atoms with van der Waals surface area (Å²) in [5, 5.41) is 8.08. The molecule has 8 heteroatoms. The first-order valence-corrected chi connectivity index (χ1v) is 6.39. The number of benzene rings is 1. The lowest BCUT2D eigenvalue weighted by atomic mass is 10.1. The Hall–Kier alpha value is -2.90. The highest BCUT2D eigenvalue weighted by atomic mass is 19.4. The molecule has 0 spiro atoms. The summed E-state index contributed by atoms with van der Waals surface area (Å²) in [6.45, 7) is 0. The third-order valence-electron chi connectivity index (χ3n) is 3.41. The number of fused-ring (bicyclic) bond motifs is 3. The molecule has 0 aliphatic rings. The first-order valence-electron chi connectivity index (χ1n) is 6.39. The van der Waals surface area contributed by atoms with Crippen molar-refractivity contribution in [2.45, 2.75) is 6.18 Å². The average Bonchev–Trinajstić information content (AvgIpc) is 3.12. The molecule has 0 saturated heterocycles. The first kappa shape index (κ1) is 12.8. The van der Waals surface area contributed by atoms with Gasteiger partial charge in [-0.3, -0.25) is 4.40 Å². The molecule has 3 heterocycles. The molecule has 0 aliphatic carbocycles. The van der Waals surface area contributed by atoms with Crippen molar-refractivity contribution in [3.05, 3.63) is 48.3 Å². The summed E-state index contributed by atoms with van der Waals surface area (Å²) in [6, 6.07) is 6.65. The lowest BCUT2D eigenvalue weighted by molar-refractivity contribution is -0.137. The predicted octanol–water partition coefficient (Wildman–Crippen LogP) is 3.29. The fourth-order valence-electron chi connectivity index (χ4n) is 2.37. The molecule has 0 aliphatic heterocycles. The van der Waals surface area contributed by atoms with Crippen LogP contribution in [0.4, 0.5) is 13.2 Å². The van der Waals surface area contributed by atoms with Crippen molar-refractivity contribution in [1.29, 1.82) is 0 Å². The van der Waals surface area contributed by atoms with E-state index in [9.17, 15) is 13.2 Å². The zero-order chi connectivity index (χ0) is 15.3. The van der Waals surface area contributed by atoms with Gasteiger partial charge in [-0.1, -0.05) is 12.1 Å². The first-order chi connectivity index (χ1) is 10.5. The maximum atomic E-state index is 12.6. The SMILES string of the molecule is FC(F)(F)c1ccc(-c2nnc3cnc4[nH]ccc4n23)cc1. The average molecular weight is 303 g/mol. The molecule has 1 aromatic carbocycles. The number of hydrogen-bond acceptors (Lipinski definition) is 3. The molecular formula is C14H8F3N5. The topological polar surface area (TPSA) is 58.9 Å². The quantitative estimate of drug-likeness (QED) is 0.587. The lowest BCUT2D eigenvalue weighted by Crippen LogP contribution is -2.04. The van der Waals surface area contributed by atoms with Gasteiger partial charge >= 0.3 is 6.18 Å². The molecule has 4 aromatic rings. The number of nitrogens with zero attached hydrogens (tertiary/aromatic N) is 4. The number of rotatable bonds is 1. The number of aromatic amines is 1. The zero-order valence-electron chi connectivity index (χ0n) is 11.0. The highest BCUT2D eigenvalue weighted by molar-refractivity contribution is 5.77. The summed E-state index contributed by atoms with van der Waals surface area (Å²) in [4.78, 5) is 7.17. The van der Waals surface area contributed by atoms with E-state index < -0.39 is 11.7 Å². The normalized spacial score (nSPS) is 12.3. The molecule has 0 unspecified atom stereocenters. The van der Waals surface area contributed by atoms with E-state index in [2.05, 4.69) is 20.2 Å². The van der Waals surface area contributed by atoms with Crippen LogP contribution in [0.15, 0.2) is 42.7 Å². The van der Waals surface area contributed by atoms with Gasteiger partial charge in [-0.25, -0.2) is 4.98 Å². The number of halogens is 3. The fourth-order valence-corrected chi connectivity index (χ4v) is 2.37. The van der Waals surface area contributed by atoms with Gasteiger partial charge in [0.2, 0.25) is 0 Å².